The van der Waals surface area contributed by atoms with Gasteiger partial charge >= 0.3 is 12.1 Å². The maximum absolute atomic E-state index is 13.0. The van der Waals surface area contributed by atoms with Crippen LogP contribution in [0.4, 0.5) is 13.2 Å². The van der Waals surface area contributed by atoms with Crippen molar-refractivity contribution in [2.24, 2.45) is 0 Å². The van der Waals surface area contributed by atoms with Gasteiger partial charge in [-0.2, -0.15) is 13.2 Å². The van der Waals surface area contributed by atoms with Crippen LogP contribution in [0, 0.1) is 6.92 Å². The molecule has 1 aromatic carbocycles. The number of aromatic amines is 1. The van der Waals surface area contributed by atoms with Crippen LogP contribution in [-0.4, -0.2) is 24.7 Å². The van der Waals surface area contributed by atoms with E-state index in [0.717, 1.165) is 6.07 Å². The average Bonchev–Trinajstić information content (AvgIpc) is 2.73. The number of aromatic nitrogens is 1. The molecular formula is C14H14F3NO3. The largest absolute Gasteiger partial charge is 0.496 e. The van der Waals surface area contributed by atoms with Crippen LogP contribution >= 0.6 is 0 Å². The van der Waals surface area contributed by atoms with Crippen LogP contribution < -0.4 is 4.74 Å². The topological polar surface area (TPSA) is 51.3 Å². The van der Waals surface area contributed by atoms with Gasteiger partial charge in [0, 0.05) is 10.9 Å². The van der Waals surface area contributed by atoms with E-state index in [0.29, 0.717) is 10.9 Å². The number of halogens is 3. The number of esters is 1. The van der Waals surface area contributed by atoms with Crippen molar-refractivity contribution < 1.29 is 27.4 Å². The third kappa shape index (κ3) is 2.68. The summed E-state index contributed by atoms with van der Waals surface area (Å²) >= 11 is 0. The monoisotopic (exact) mass is 301 g/mol. The maximum Gasteiger partial charge on any atom is 0.420 e. The fourth-order valence-corrected chi connectivity index (χ4v) is 2.15. The zero-order valence-corrected chi connectivity index (χ0v) is 11.7. The molecule has 2 rings (SSSR count). The molecule has 1 N–H and O–H groups in total. The van der Waals surface area contributed by atoms with E-state index in [-0.39, 0.29) is 23.6 Å². The van der Waals surface area contributed by atoms with Crippen LogP contribution in [-0.2, 0) is 10.9 Å². The molecular weight excluding hydrogens is 287 g/mol. The molecule has 0 saturated heterocycles. The molecule has 21 heavy (non-hydrogen) atoms. The summed E-state index contributed by atoms with van der Waals surface area (Å²) in [6, 6.07) is 2.20. The first-order chi connectivity index (χ1) is 9.79. The van der Waals surface area contributed by atoms with Crippen LogP contribution in [0.1, 0.15) is 28.5 Å². The Hall–Kier alpha value is -2.18. The number of carbonyl (C=O) groups is 1. The van der Waals surface area contributed by atoms with E-state index in [1.807, 2.05) is 0 Å². The molecule has 0 spiro atoms. The van der Waals surface area contributed by atoms with Gasteiger partial charge < -0.3 is 14.5 Å². The second-order valence-electron chi connectivity index (χ2n) is 4.44. The molecule has 0 fully saturated rings. The molecule has 1 aromatic heterocycles. The van der Waals surface area contributed by atoms with Crippen LogP contribution in [0.2, 0.25) is 0 Å². The summed E-state index contributed by atoms with van der Waals surface area (Å²) in [5.41, 5.74) is -0.0125. The highest BCUT2D eigenvalue weighted by Crippen LogP contribution is 2.39. The number of hydrogen-bond donors (Lipinski definition) is 1. The molecule has 4 nitrogen and oxygen atoms in total. The predicted octanol–water partition coefficient (Wildman–Crippen LogP) is 3.68. The fourth-order valence-electron chi connectivity index (χ4n) is 2.15. The Morgan fingerprint density at radius 1 is 1.33 bits per heavy atom. The molecule has 0 aliphatic carbocycles. The Kier molecular flexibility index (Phi) is 3.85. The zero-order chi connectivity index (χ0) is 15.8. The molecule has 0 aliphatic rings. The highest BCUT2D eigenvalue weighted by molar-refractivity contribution is 5.98. The first-order valence-electron chi connectivity index (χ1n) is 6.24. The van der Waals surface area contributed by atoms with Crippen molar-refractivity contribution in [3.63, 3.8) is 0 Å². The van der Waals surface area contributed by atoms with Crippen molar-refractivity contribution in [2.75, 3.05) is 13.7 Å². The zero-order valence-electron chi connectivity index (χ0n) is 11.7. The number of ether oxygens (including phenoxy) is 2. The van der Waals surface area contributed by atoms with Crippen molar-refractivity contribution in [3.05, 3.63) is 29.0 Å². The van der Waals surface area contributed by atoms with E-state index in [2.05, 4.69) is 4.98 Å². The summed E-state index contributed by atoms with van der Waals surface area (Å²) in [5.74, 6) is -0.883. The van der Waals surface area contributed by atoms with Crippen LogP contribution in [0.15, 0.2) is 12.1 Å². The first-order valence-corrected chi connectivity index (χ1v) is 6.24. The minimum Gasteiger partial charge on any atom is -0.496 e. The van der Waals surface area contributed by atoms with E-state index >= 15 is 0 Å². The summed E-state index contributed by atoms with van der Waals surface area (Å²) in [4.78, 5) is 14.4. The highest BCUT2D eigenvalue weighted by Gasteiger charge is 2.35. The quantitative estimate of drug-likeness (QED) is 0.880. The van der Waals surface area contributed by atoms with Gasteiger partial charge in [-0.05, 0) is 31.5 Å². The molecule has 114 valence electrons. The van der Waals surface area contributed by atoms with Crippen LogP contribution in [0.25, 0.3) is 10.9 Å². The van der Waals surface area contributed by atoms with Crippen molar-refractivity contribution in [1.82, 2.24) is 4.98 Å². The lowest BCUT2D eigenvalue weighted by atomic mass is 10.1. The molecule has 0 bridgehead atoms. The standard InChI is InChI=1S/C14H14F3NO3/c1-4-21-13(19)12-7(2)8-5-11(20-3)9(14(15,16)17)6-10(8)18-12/h5-6,18H,4H2,1-3H3. The van der Waals surface area contributed by atoms with Gasteiger partial charge in [0.05, 0.1) is 19.3 Å². The molecule has 0 aliphatic heterocycles. The number of nitrogens with one attached hydrogen (secondary N) is 1. The van der Waals surface area contributed by atoms with Crippen LogP contribution in [0.3, 0.4) is 0 Å². The Balaban J connectivity index is 2.66. The SMILES string of the molecule is CCOC(=O)c1[nH]c2cc(C(F)(F)F)c(OC)cc2c1C. The van der Waals surface area contributed by atoms with E-state index < -0.39 is 17.7 Å². The van der Waals surface area contributed by atoms with Crippen molar-refractivity contribution >= 4 is 16.9 Å². The highest BCUT2D eigenvalue weighted by atomic mass is 19.4. The number of rotatable bonds is 3. The third-order valence-electron chi connectivity index (χ3n) is 3.16. The second-order valence-corrected chi connectivity index (χ2v) is 4.44. The number of H-pyrrole nitrogens is 1. The molecule has 0 saturated carbocycles. The van der Waals surface area contributed by atoms with E-state index in [1.165, 1.54) is 13.2 Å². The van der Waals surface area contributed by atoms with Crippen molar-refractivity contribution in [3.8, 4) is 5.75 Å². The molecule has 2 aromatic rings. The maximum atomic E-state index is 13.0. The number of methoxy groups -OCH3 is 1. The Labute approximate surface area is 118 Å². The van der Waals surface area contributed by atoms with Crippen LogP contribution in [0.5, 0.6) is 5.75 Å². The van der Waals surface area contributed by atoms with Crippen molar-refractivity contribution in [2.45, 2.75) is 20.0 Å². The van der Waals surface area contributed by atoms with Gasteiger partial charge in [-0.1, -0.05) is 0 Å². The Morgan fingerprint density at radius 2 is 2.00 bits per heavy atom. The van der Waals surface area contributed by atoms with E-state index in [9.17, 15) is 18.0 Å². The smallest absolute Gasteiger partial charge is 0.420 e. The predicted molar refractivity (Wildman–Crippen MR) is 70.5 cm³/mol. The summed E-state index contributed by atoms with van der Waals surface area (Å²) in [5, 5.41) is 0.489. The van der Waals surface area contributed by atoms with Gasteiger partial charge in [0.1, 0.15) is 11.4 Å². The van der Waals surface area contributed by atoms with E-state index in [1.54, 1.807) is 13.8 Å². The normalized spacial score (nSPS) is 11.7. The lowest BCUT2D eigenvalue weighted by Gasteiger charge is -2.12. The summed E-state index contributed by atoms with van der Waals surface area (Å²) in [6.07, 6.45) is -4.54. The lowest BCUT2D eigenvalue weighted by molar-refractivity contribution is -0.138. The van der Waals surface area contributed by atoms with Gasteiger partial charge in [-0.15, -0.1) is 0 Å². The molecule has 0 atom stereocenters. The average molecular weight is 301 g/mol. The van der Waals surface area contributed by atoms with Gasteiger partial charge in [-0.25, -0.2) is 4.79 Å². The molecule has 7 heteroatoms. The number of fused-ring (bicyclic) bond motifs is 1. The minimum absolute atomic E-state index is 0.147. The summed E-state index contributed by atoms with van der Waals surface area (Å²) < 4.78 is 48.6. The summed E-state index contributed by atoms with van der Waals surface area (Å²) in [7, 11) is 1.17. The Bertz CT molecular complexity index is 689. The minimum atomic E-state index is -4.54. The first kappa shape index (κ1) is 15.2. The van der Waals surface area contributed by atoms with Crippen molar-refractivity contribution in [1.29, 1.82) is 0 Å². The molecule has 1 heterocycles. The van der Waals surface area contributed by atoms with E-state index in [4.69, 9.17) is 9.47 Å². The lowest BCUT2D eigenvalue weighted by Crippen LogP contribution is -2.07. The second kappa shape index (κ2) is 5.31. The summed E-state index contributed by atoms with van der Waals surface area (Å²) in [6.45, 7) is 3.48. The van der Waals surface area contributed by atoms with Gasteiger partial charge in [-0.3, -0.25) is 0 Å². The van der Waals surface area contributed by atoms with Gasteiger partial charge in [0.15, 0.2) is 0 Å². The number of hydrogen-bond acceptors (Lipinski definition) is 3. The molecule has 0 amide bonds. The Morgan fingerprint density at radius 3 is 2.52 bits per heavy atom. The number of alkyl halides is 3. The third-order valence-corrected chi connectivity index (χ3v) is 3.16. The fraction of sp³-hybridized carbons (Fsp3) is 0.357. The number of aryl methyl sites for hydroxylation is 1. The van der Waals surface area contributed by atoms with Gasteiger partial charge in [0.2, 0.25) is 0 Å². The number of carbonyl (C=O) groups excluding carboxylic acids is 1. The molecule has 0 unspecified atom stereocenters. The molecule has 0 radical (unpaired) electrons. The van der Waals surface area contributed by atoms with Gasteiger partial charge in [0.25, 0.3) is 0 Å². The number of benzene rings is 1.